The molecule has 1 atom stereocenters. The highest BCUT2D eigenvalue weighted by molar-refractivity contribution is 6.85. The largest absolute Gasteiger partial charge is 0.425 e. The van der Waals surface area contributed by atoms with Crippen LogP contribution in [0.4, 0.5) is 13.2 Å². The van der Waals surface area contributed by atoms with Crippen LogP contribution < -0.4 is 5.19 Å². The van der Waals surface area contributed by atoms with Crippen molar-refractivity contribution in [2.24, 2.45) is 0 Å². The molecule has 122 valence electrons. The zero-order valence-corrected chi connectivity index (χ0v) is 14.6. The summed E-state index contributed by atoms with van der Waals surface area (Å²) in [4.78, 5) is 0. The Morgan fingerprint density at radius 1 is 0.913 bits per heavy atom. The molecule has 0 saturated heterocycles. The number of fused-ring (bicyclic) bond motifs is 1. The minimum atomic E-state index is -4.52. The van der Waals surface area contributed by atoms with Crippen molar-refractivity contribution in [3.05, 3.63) is 64.7 Å². The number of hydrogen-bond donors (Lipinski definition) is 0. The standard InChI is InChI=1S/C18H19F3OSi/c1-12-5-8-14(9-6-12)17(18(19,20)21)15-10-7-13(2)11-16(15)23(3,4)22-17/h5-11H,1-4H3. The lowest BCUT2D eigenvalue weighted by atomic mass is 9.85. The van der Waals surface area contributed by atoms with Crippen molar-refractivity contribution >= 4 is 13.5 Å². The molecule has 23 heavy (non-hydrogen) atoms. The van der Waals surface area contributed by atoms with E-state index in [4.69, 9.17) is 4.43 Å². The van der Waals surface area contributed by atoms with Gasteiger partial charge in [-0.15, -0.1) is 0 Å². The first-order chi connectivity index (χ1) is 10.6. The van der Waals surface area contributed by atoms with Crippen LogP contribution in [0.25, 0.3) is 0 Å². The average molecular weight is 336 g/mol. The fraction of sp³-hybridized carbons (Fsp3) is 0.333. The Balaban J connectivity index is 2.34. The highest BCUT2D eigenvalue weighted by Gasteiger charge is 2.65. The number of hydrogen-bond acceptors (Lipinski definition) is 1. The van der Waals surface area contributed by atoms with E-state index in [1.165, 1.54) is 12.1 Å². The van der Waals surface area contributed by atoms with Crippen molar-refractivity contribution in [2.75, 3.05) is 0 Å². The van der Waals surface area contributed by atoms with Crippen LogP contribution >= 0.6 is 0 Å². The zero-order valence-electron chi connectivity index (χ0n) is 13.6. The molecule has 0 spiro atoms. The lowest BCUT2D eigenvalue weighted by Crippen LogP contribution is -2.47. The van der Waals surface area contributed by atoms with Gasteiger partial charge in [0.05, 0.1) is 0 Å². The summed E-state index contributed by atoms with van der Waals surface area (Å²) in [6.07, 6.45) is -4.52. The number of halogens is 3. The normalized spacial score (nSPS) is 22.9. The van der Waals surface area contributed by atoms with Gasteiger partial charge >= 0.3 is 6.18 Å². The van der Waals surface area contributed by atoms with Crippen molar-refractivity contribution in [1.29, 1.82) is 0 Å². The predicted octanol–water partition coefficient (Wildman–Crippen LogP) is 4.55. The maximum atomic E-state index is 14.2. The number of alkyl halides is 3. The summed E-state index contributed by atoms with van der Waals surface area (Å²) < 4.78 is 48.5. The summed E-state index contributed by atoms with van der Waals surface area (Å²) in [6.45, 7) is 7.40. The lowest BCUT2D eigenvalue weighted by molar-refractivity contribution is -0.237. The average Bonchev–Trinajstić information content (AvgIpc) is 2.68. The molecule has 0 aromatic heterocycles. The SMILES string of the molecule is Cc1ccc(C2(C(F)(F)F)O[Si](C)(C)c3cc(C)ccc32)cc1. The summed E-state index contributed by atoms with van der Waals surface area (Å²) in [5.74, 6) is 0. The van der Waals surface area contributed by atoms with Crippen LogP contribution in [0.5, 0.6) is 0 Å². The molecule has 0 radical (unpaired) electrons. The van der Waals surface area contributed by atoms with Crippen LogP contribution in [0.15, 0.2) is 42.5 Å². The molecule has 1 unspecified atom stereocenters. The minimum Gasteiger partial charge on any atom is -0.392 e. The third-order valence-electron chi connectivity index (χ3n) is 4.47. The molecule has 2 aromatic carbocycles. The van der Waals surface area contributed by atoms with Gasteiger partial charge in [-0.2, -0.15) is 13.2 Å². The molecule has 0 saturated carbocycles. The van der Waals surface area contributed by atoms with Crippen LogP contribution in [0, 0.1) is 13.8 Å². The smallest absolute Gasteiger partial charge is 0.392 e. The minimum absolute atomic E-state index is 0.152. The van der Waals surface area contributed by atoms with Gasteiger partial charge < -0.3 is 4.43 Å². The van der Waals surface area contributed by atoms with Crippen molar-refractivity contribution in [2.45, 2.75) is 38.7 Å². The molecule has 0 N–H and O–H groups in total. The van der Waals surface area contributed by atoms with Crippen LogP contribution in [-0.4, -0.2) is 14.5 Å². The van der Waals surface area contributed by atoms with E-state index in [-0.39, 0.29) is 11.1 Å². The van der Waals surface area contributed by atoms with E-state index in [0.717, 1.165) is 16.3 Å². The van der Waals surface area contributed by atoms with Gasteiger partial charge in [-0.3, -0.25) is 0 Å². The molecule has 5 heteroatoms. The van der Waals surface area contributed by atoms with Gasteiger partial charge in [0.15, 0.2) is 0 Å². The monoisotopic (exact) mass is 336 g/mol. The summed E-state index contributed by atoms with van der Waals surface area (Å²) in [5, 5.41) is 0.732. The Morgan fingerprint density at radius 3 is 2.04 bits per heavy atom. The molecule has 1 heterocycles. The maximum absolute atomic E-state index is 14.2. The van der Waals surface area contributed by atoms with Crippen molar-refractivity contribution < 1.29 is 17.6 Å². The van der Waals surface area contributed by atoms with Crippen molar-refractivity contribution in [3.63, 3.8) is 0 Å². The Kier molecular flexibility index (Phi) is 3.50. The summed E-state index contributed by atoms with van der Waals surface area (Å²) in [6, 6.07) is 11.6. The van der Waals surface area contributed by atoms with Crippen LogP contribution in [0.3, 0.4) is 0 Å². The molecule has 0 aliphatic carbocycles. The van der Waals surface area contributed by atoms with Crippen molar-refractivity contribution in [3.8, 4) is 0 Å². The van der Waals surface area contributed by atoms with Crippen LogP contribution in [-0.2, 0) is 10.0 Å². The first-order valence-corrected chi connectivity index (χ1v) is 10.4. The van der Waals surface area contributed by atoms with Gasteiger partial charge in [0.2, 0.25) is 13.9 Å². The van der Waals surface area contributed by atoms with E-state index in [2.05, 4.69) is 0 Å². The molecule has 0 amide bonds. The van der Waals surface area contributed by atoms with Gasteiger partial charge in [0.1, 0.15) is 0 Å². The Hall–Kier alpha value is -1.59. The van der Waals surface area contributed by atoms with Gasteiger partial charge in [0, 0.05) is 0 Å². The predicted molar refractivity (Wildman–Crippen MR) is 87.4 cm³/mol. The highest BCUT2D eigenvalue weighted by Crippen LogP contribution is 2.52. The summed E-state index contributed by atoms with van der Waals surface area (Å²) in [7, 11) is -2.65. The molecule has 2 aromatic rings. The van der Waals surface area contributed by atoms with E-state index in [9.17, 15) is 13.2 Å². The molecule has 1 aliphatic rings. The Bertz CT molecular complexity index is 750. The number of rotatable bonds is 1. The van der Waals surface area contributed by atoms with Gasteiger partial charge in [-0.25, -0.2) is 0 Å². The third-order valence-corrected chi connectivity index (χ3v) is 7.00. The number of benzene rings is 2. The van der Waals surface area contributed by atoms with E-state index in [0.29, 0.717) is 0 Å². The van der Waals surface area contributed by atoms with Crippen molar-refractivity contribution in [1.82, 2.24) is 0 Å². The van der Waals surface area contributed by atoms with E-state index in [1.807, 2.05) is 33.0 Å². The summed E-state index contributed by atoms with van der Waals surface area (Å²) in [5.41, 5.74) is -0.0890. The molecule has 1 aliphatic heterocycles. The second-order valence-corrected chi connectivity index (χ2v) is 10.5. The van der Waals surface area contributed by atoms with Crippen LogP contribution in [0.2, 0.25) is 13.1 Å². The number of aryl methyl sites for hydroxylation is 2. The molecule has 0 fully saturated rings. The fourth-order valence-corrected chi connectivity index (χ4v) is 6.04. The van der Waals surface area contributed by atoms with E-state index >= 15 is 0 Å². The second kappa shape index (κ2) is 4.95. The summed E-state index contributed by atoms with van der Waals surface area (Å²) >= 11 is 0. The van der Waals surface area contributed by atoms with E-state index < -0.39 is 20.1 Å². The fourth-order valence-electron chi connectivity index (χ4n) is 3.33. The maximum Gasteiger partial charge on any atom is 0.425 e. The molecular weight excluding hydrogens is 317 g/mol. The topological polar surface area (TPSA) is 9.23 Å². The quantitative estimate of drug-likeness (QED) is 0.694. The van der Waals surface area contributed by atoms with E-state index in [1.54, 1.807) is 24.3 Å². The molecule has 3 rings (SSSR count). The van der Waals surface area contributed by atoms with Gasteiger partial charge in [-0.1, -0.05) is 53.6 Å². The third kappa shape index (κ3) is 2.34. The zero-order chi connectivity index (χ0) is 17.0. The lowest BCUT2D eigenvalue weighted by Gasteiger charge is -2.35. The highest BCUT2D eigenvalue weighted by atomic mass is 28.4. The Labute approximate surface area is 135 Å². The Morgan fingerprint density at radius 2 is 1.48 bits per heavy atom. The van der Waals surface area contributed by atoms with Gasteiger partial charge in [0.25, 0.3) is 0 Å². The van der Waals surface area contributed by atoms with Gasteiger partial charge in [-0.05, 0) is 43.3 Å². The van der Waals surface area contributed by atoms with Crippen LogP contribution in [0.1, 0.15) is 22.3 Å². The molecule has 1 nitrogen and oxygen atoms in total. The molecular formula is C18H19F3OSi. The first-order valence-electron chi connectivity index (χ1n) is 7.53. The first kappa shape index (κ1) is 16.3. The molecule has 0 bridgehead atoms. The second-order valence-electron chi connectivity index (χ2n) is 6.71.